The molecule has 11 heteroatoms. The Kier molecular flexibility index (Phi) is 9.25. The Bertz CT molecular complexity index is 1310. The van der Waals surface area contributed by atoms with Gasteiger partial charge >= 0.3 is 12.0 Å². The standard InChI is InChI=1S/C26H25FN4O6/c27-16-22(32)20(15-23(33)34)29-24(35)21(14-17-8-3-1-4-9-17)31-13-7-12-19(25(31)36)30-26(37)28-18-10-5-2-6-11-18/h1-13,20-21H,14-16H2,(H,29,35)(H,33,34)(H2,28,30,37)/t20-,21-/m0/s1. The van der Waals surface area contributed by atoms with Crippen molar-refractivity contribution >= 4 is 35.1 Å². The molecule has 0 bridgehead atoms. The van der Waals surface area contributed by atoms with Gasteiger partial charge in [-0.05, 0) is 29.8 Å². The minimum absolute atomic E-state index is 0.00412. The molecule has 10 nitrogen and oxygen atoms in total. The quantitative estimate of drug-likeness (QED) is 0.313. The van der Waals surface area contributed by atoms with Crippen molar-refractivity contribution in [1.29, 1.82) is 0 Å². The normalized spacial score (nSPS) is 12.1. The number of benzene rings is 2. The molecule has 0 unspecified atom stereocenters. The van der Waals surface area contributed by atoms with E-state index in [1.807, 2.05) is 0 Å². The molecule has 0 aliphatic heterocycles. The molecule has 2 aromatic carbocycles. The van der Waals surface area contributed by atoms with E-state index in [1.165, 1.54) is 18.3 Å². The highest BCUT2D eigenvalue weighted by atomic mass is 19.1. The van der Waals surface area contributed by atoms with E-state index in [-0.39, 0.29) is 12.1 Å². The Morgan fingerprint density at radius 1 is 0.892 bits per heavy atom. The number of aliphatic carboxylic acids is 1. The topological polar surface area (TPSA) is 147 Å². The number of para-hydroxylation sites is 1. The van der Waals surface area contributed by atoms with Gasteiger partial charge in [-0.3, -0.25) is 19.2 Å². The third-order valence-electron chi connectivity index (χ3n) is 5.38. The number of halogens is 1. The van der Waals surface area contributed by atoms with E-state index in [2.05, 4.69) is 16.0 Å². The molecular formula is C26H25FN4O6. The Morgan fingerprint density at radius 3 is 2.16 bits per heavy atom. The zero-order valence-electron chi connectivity index (χ0n) is 19.6. The van der Waals surface area contributed by atoms with Crippen molar-refractivity contribution in [3.63, 3.8) is 0 Å². The number of aromatic nitrogens is 1. The molecule has 0 aliphatic rings. The number of carbonyl (C=O) groups excluding carboxylic acids is 3. The first-order valence-electron chi connectivity index (χ1n) is 11.3. The molecule has 0 spiro atoms. The van der Waals surface area contributed by atoms with Gasteiger partial charge in [0.2, 0.25) is 5.91 Å². The number of anilines is 2. The Morgan fingerprint density at radius 2 is 1.54 bits per heavy atom. The first kappa shape index (κ1) is 26.8. The van der Waals surface area contributed by atoms with E-state index < -0.39 is 54.4 Å². The van der Waals surface area contributed by atoms with E-state index in [4.69, 9.17) is 5.11 Å². The number of nitrogens with zero attached hydrogens (tertiary/aromatic N) is 1. The molecule has 0 radical (unpaired) electrons. The van der Waals surface area contributed by atoms with E-state index in [9.17, 15) is 28.4 Å². The Labute approximate surface area is 211 Å². The number of amides is 3. The summed E-state index contributed by atoms with van der Waals surface area (Å²) in [6.45, 7) is -1.46. The number of urea groups is 1. The molecule has 0 saturated carbocycles. The number of nitrogens with one attached hydrogen (secondary N) is 3. The lowest BCUT2D eigenvalue weighted by Gasteiger charge is -2.23. The van der Waals surface area contributed by atoms with Gasteiger partial charge in [-0.2, -0.15) is 0 Å². The Balaban J connectivity index is 1.91. The van der Waals surface area contributed by atoms with Crippen molar-refractivity contribution in [2.24, 2.45) is 0 Å². The van der Waals surface area contributed by atoms with Crippen LogP contribution in [0.1, 0.15) is 18.0 Å². The van der Waals surface area contributed by atoms with Crippen LogP contribution in [-0.2, 0) is 20.8 Å². The van der Waals surface area contributed by atoms with Gasteiger partial charge in [0.05, 0.1) is 6.42 Å². The summed E-state index contributed by atoms with van der Waals surface area (Å²) < 4.78 is 14.1. The molecule has 3 aromatic rings. The van der Waals surface area contributed by atoms with Gasteiger partial charge < -0.3 is 25.6 Å². The highest BCUT2D eigenvalue weighted by Crippen LogP contribution is 2.16. The number of Topliss-reactive ketones (excluding diaryl/α,β-unsaturated/α-hetero) is 1. The summed E-state index contributed by atoms with van der Waals surface area (Å²) in [5.74, 6) is -3.36. The van der Waals surface area contributed by atoms with Gasteiger partial charge in [0.1, 0.15) is 24.4 Å². The van der Waals surface area contributed by atoms with E-state index in [1.54, 1.807) is 60.7 Å². The second-order valence-electron chi connectivity index (χ2n) is 8.04. The van der Waals surface area contributed by atoms with Crippen molar-refractivity contribution in [2.75, 3.05) is 17.3 Å². The van der Waals surface area contributed by atoms with Crippen molar-refractivity contribution in [2.45, 2.75) is 24.9 Å². The number of pyridine rings is 1. The third-order valence-corrected chi connectivity index (χ3v) is 5.38. The number of rotatable bonds is 11. The largest absolute Gasteiger partial charge is 0.481 e. The van der Waals surface area contributed by atoms with Gasteiger partial charge in [-0.25, -0.2) is 9.18 Å². The average Bonchev–Trinajstić information content (AvgIpc) is 2.88. The zero-order chi connectivity index (χ0) is 26.8. The maximum atomic E-state index is 13.3. The van der Waals surface area contributed by atoms with Crippen LogP contribution < -0.4 is 21.5 Å². The zero-order valence-corrected chi connectivity index (χ0v) is 19.6. The van der Waals surface area contributed by atoms with Crippen LogP contribution in [0.3, 0.4) is 0 Å². The van der Waals surface area contributed by atoms with Crippen LogP contribution >= 0.6 is 0 Å². The number of hydrogen-bond donors (Lipinski definition) is 4. The fourth-order valence-corrected chi connectivity index (χ4v) is 3.59. The van der Waals surface area contributed by atoms with Crippen molar-refractivity contribution in [3.8, 4) is 0 Å². The fraction of sp³-hybridized carbons (Fsp3) is 0.192. The molecular weight excluding hydrogens is 483 g/mol. The number of ketones is 1. The molecule has 192 valence electrons. The maximum absolute atomic E-state index is 13.3. The number of carboxylic acid groups (broad SMARTS) is 1. The molecule has 1 aromatic heterocycles. The molecule has 0 aliphatic carbocycles. The first-order valence-corrected chi connectivity index (χ1v) is 11.3. The SMILES string of the molecule is O=C(O)C[C@H](NC(=O)[C@H](Cc1ccccc1)n1cccc(NC(=O)Nc2ccccc2)c1=O)C(=O)CF. The molecule has 3 rings (SSSR count). The number of alkyl halides is 1. The summed E-state index contributed by atoms with van der Waals surface area (Å²) >= 11 is 0. The lowest BCUT2D eigenvalue weighted by atomic mass is 10.0. The van der Waals surface area contributed by atoms with Gasteiger partial charge in [0.25, 0.3) is 5.56 Å². The minimum atomic E-state index is -1.61. The van der Waals surface area contributed by atoms with Crippen molar-refractivity contribution in [3.05, 3.63) is 94.9 Å². The summed E-state index contributed by atoms with van der Waals surface area (Å²) in [5.41, 5.74) is 0.332. The van der Waals surface area contributed by atoms with Crippen LogP contribution in [0, 0.1) is 0 Å². The Hall–Kier alpha value is -4.80. The predicted octanol–water partition coefficient (Wildman–Crippen LogP) is 2.77. The molecule has 37 heavy (non-hydrogen) atoms. The highest BCUT2D eigenvalue weighted by Gasteiger charge is 2.29. The molecule has 0 saturated heterocycles. The lowest BCUT2D eigenvalue weighted by Crippen LogP contribution is -2.47. The predicted molar refractivity (Wildman–Crippen MR) is 134 cm³/mol. The van der Waals surface area contributed by atoms with E-state index >= 15 is 0 Å². The van der Waals surface area contributed by atoms with Crippen LogP contribution in [0.15, 0.2) is 83.8 Å². The molecule has 2 atom stereocenters. The molecule has 1 heterocycles. The van der Waals surface area contributed by atoms with Gasteiger partial charge in [-0.15, -0.1) is 0 Å². The number of carboxylic acids is 1. The van der Waals surface area contributed by atoms with Crippen LogP contribution in [-0.4, -0.2) is 46.1 Å². The van der Waals surface area contributed by atoms with Crippen LogP contribution in [0.5, 0.6) is 0 Å². The number of carbonyl (C=O) groups is 4. The van der Waals surface area contributed by atoms with Gasteiger partial charge in [0.15, 0.2) is 5.78 Å². The third kappa shape index (κ3) is 7.59. The summed E-state index contributed by atoms with van der Waals surface area (Å²) in [7, 11) is 0. The highest BCUT2D eigenvalue weighted by molar-refractivity contribution is 5.99. The monoisotopic (exact) mass is 508 g/mol. The second-order valence-corrected chi connectivity index (χ2v) is 8.04. The second kappa shape index (κ2) is 12.8. The smallest absolute Gasteiger partial charge is 0.323 e. The van der Waals surface area contributed by atoms with E-state index in [0.717, 1.165) is 4.57 Å². The summed E-state index contributed by atoms with van der Waals surface area (Å²) in [5, 5.41) is 16.4. The molecule has 4 N–H and O–H groups in total. The fourth-order valence-electron chi connectivity index (χ4n) is 3.59. The van der Waals surface area contributed by atoms with Crippen LogP contribution in [0.4, 0.5) is 20.6 Å². The first-order chi connectivity index (χ1) is 17.8. The maximum Gasteiger partial charge on any atom is 0.323 e. The van der Waals surface area contributed by atoms with Crippen molar-refractivity contribution < 1.29 is 28.7 Å². The summed E-state index contributed by atoms with van der Waals surface area (Å²) in [6.07, 6.45) is 0.511. The van der Waals surface area contributed by atoms with Crippen LogP contribution in [0.2, 0.25) is 0 Å². The summed E-state index contributed by atoms with van der Waals surface area (Å²) in [6, 6.07) is 16.5. The van der Waals surface area contributed by atoms with Crippen LogP contribution in [0.25, 0.3) is 0 Å². The number of hydrogen-bond acceptors (Lipinski definition) is 5. The van der Waals surface area contributed by atoms with Crippen molar-refractivity contribution in [1.82, 2.24) is 9.88 Å². The molecule has 3 amide bonds. The van der Waals surface area contributed by atoms with Gasteiger partial charge in [0, 0.05) is 18.3 Å². The molecule has 0 fully saturated rings. The lowest BCUT2D eigenvalue weighted by molar-refractivity contribution is -0.140. The minimum Gasteiger partial charge on any atom is -0.481 e. The van der Waals surface area contributed by atoms with E-state index in [0.29, 0.717) is 11.3 Å². The summed E-state index contributed by atoms with van der Waals surface area (Å²) in [4.78, 5) is 62.0. The average molecular weight is 509 g/mol. The van der Waals surface area contributed by atoms with Gasteiger partial charge in [-0.1, -0.05) is 48.5 Å².